The molecule has 0 bridgehead atoms. The molecule has 2 aromatic rings. The van der Waals surface area contributed by atoms with Gasteiger partial charge in [-0.15, -0.1) is 0 Å². The number of hydrogen-bond donors (Lipinski definition) is 2. The van der Waals surface area contributed by atoms with E-state index < -0.39 is 29.5 Å². The Labute approximate surface area is 183 Å². The maximum Gasteiger partial charge on any atom is 0.416 e. The van der Waals surface area contributed by atoms with Crippen LogP contribution in [0.4, 0.5) is 13.2 Å². The normalized spacial score (nSPS) is 14.8. The molecule has 1 saturated heterocycles. The lowest BCUT2D eigenvalue weighted by molar-refractivity contribution is -0.139. The minimum absolute atomic E-state index is 0.111. The van der Waals surface area contributed by atoms with Crippen LogP contribution in [-0.4, -0.2) is 40.7 Å². The number of rotatable bonds is 3. The Morgan fingerprint density at radius 1 is 1.09 bits per heavy atom. The zero-order chi connectivity index (χ0) is 23.6. The summed E-state index contributed by atoms with van der Waals surface area (Å²) < 4.78 is 41.9. The van der Waals surface area contributed by atoms with Crippen LogP contribution < -0.4 is 11.5 Å². The van der Waals surface area contributed by atoms with E-state index in [1.807, 2.05) is 6.92 Å². The van der Waals surface area contributed by atoms with Crippen molar-refractivity contribution in [3.8, 4) is 0 Å². The summed E-state index contributed by atoms with van der Waals surface area (Å²) in [6.07, 6.45) is -2.42. The van der Waals surface area contributed by atoms with E-state index in [2.05, 4.69) is 9.98 Å². The molecule has 0 unspecified atom stereocenters. The van der Waals surface area contributed by atoms with Crippen molar-refractivity contribution in [2.45, 2.75) is 38.8 Å². The van der Waals surface area contributed by atoms with Gasteiger partial charge in [0.15, 0.2) is 5.96 Å². The Morgan fingerprint density at radius 2 is 1.75 bits per heavy atom. The fourth-order valence-corrected chi connectivity index (χ4v) is 4.03. The number of piperidine rings is 1. The van der Waals surface area contributed by atoms with E-state index in [1.165, 1.54) is 25.3 Å². The van der Waals surface area contributed by atoms with Gasteiger partial charge in [-0.2, -0.15) is 18.2 Å². The molecular formula is C22H24F3N5O2. The van der Waals surface area contributed by atoms with Crippen molar-refractivity contribution in [2.24, 2.45) is 16.5 Å². The number of aryl methyl sites for hydroxylation is 1. The molecule has 1 aliphatic rings. The SMILES string of the molecule is Cc1ccc(C(=O)N2CCC(c3ccc(C(=O)N=C(N)N)c(C)c3C(F)(F)F)CC2)cn1. The summed E-state index contributed by atoms with van der Waals surface area (Å²) in [7, 11) is 0. The highest BCUT2D eigenvalue weighted by molar-refractivity contribution is 6.03. The molecule has 0 atom stereocenters. The zero-order valence-electron chi connectivity index (χ0n) is 17.7. The molecule has 0 spiro atoms. The molecule has 10 heteroatoms. The lowest BCUT2D eigenvalue weighted by atomic mass is 9.83. The van der Waals surface area contributed by atoms with Gasteiger partial charge in [0.2, 0.25) is 0 Å². The van der Waals surface area contributed by atoms with E-state index in [4.69, 9.17) is 11.5 Å². The molecule has 170 valence electrons. The van der Waals surface area contributed by atoms with Gasteiger partial charge in [-0.1, -0.05) is 6.07 Å². The Hall–Kier alpha value is -3.43. The number of nitrogens with two attached hydrogens (primary N) is 2. The number of carbonyl (C=O) groups is 2. The Kier molecular flexibility index (Phi) is 6.52. The Balaban J connectivity index is 1.85. The minimum atomic E-state index is -4.66. The number of halogens is 3. The van der Waals surface area contributed by atoms with Crippen molar-refractivity contribution in [2.75, 3.05) is 13.1 Å². The molecule has 1 aromatic heterocycles. The van der Waals surface area contributed by atoms with Crippen LogP contribution in [0.15, 0.2) is 35.5 Å². The van der Waals surface area contributed by atoms with Gasteiger partial charge in [-0.05, 0) is 61.9 Å². The molecule has 0 saturated carbocycles. The van der Waals surface area contributed by atoms with Crippen molar-refractivity contribution >= 4 is 17.8 Å². The summed E-state index contributed by atoms with van der Waals surface area (Å²) in [6, 6.07) is 6.07. The standard InChI is InChI=1S/C22H24F3N5O2/c1-12-3-4-15(11-28-12)20(32)30-9-7-14(8-10-30)17-6-5-16(19(31)29-21(26)27)13(2)18(17)22(23,24)25/h3-6,11,14H,7-10H2,1-2H3,(H4,26,27,29,31). The van der Waals surface area contributed by atoms with Crippen LogP contribution in [-0.2, 0) is 6.18 Å². The van der Waals surface area contributed by atoms with Crippen LogP contribution in [0.5, 0.6) is 0 Å². The van der Waals surface area contributed by atoms with E-state index in [9.17, 15) is 22.8 Å². The Bertz CT molecular complexity index is 1050. The monoisotopic (exact) mass is 447 g/mol. The van der Waals surface area contributed by atoms with Crippen LogP contribution in [0.25, 0.3) is 0 Å². The number of alkyl halides is 3. The third kappa shape index (κ3) is 4.90. The summed E-state index contributed by atoms with van der Waals surface area (Å²) in [5, 5.41) is 0. The summed E-state index contributed by atoms with van der Waals surface area (Å²) in [4.78, 5) is 33.9. The van der Waals surface area contributed by atoms with Gasteiger partial charge in [0.05, 0.1) is 11.1 Å². The lowest BCUT2D eigenvalue weighted by Gasteiger charge is -2.33. The number of amides is 2. The van der Waals surface area contributed by atoms with Crippen molar-refractivity contribution in [1.82, 2.24) is 9.88 Å². The predicted molar refractivity (Wildman–Crippen MR) is 113 cm³/mol. The van der Waals surface area contributed by atoms with Crippen LogP contribution in [0.2, 0.25) is 0 Å². The Morgan fingerprint density at radius 3 is 2.28 bits per heavy atom. The van der Waals surface area contributed by atoms with Crippen molar-refractivity contribution in [3.05, 3.63) is 64.0 Å². The summed E-state index contributed by atoms with van der Waals surface area (Å²) in [5.74, 6) is -2.04. The number of nitrogens with zero attached hydrogens (tertiary/aromatic N) is 3. The van der Waals surface area contributed by atoms with Crippen LogP contribution >= 0.6 is 0 Å². The first-order valence-corrected chi connectivity index (χ1v) is 10.1. The maximum absolute atomic E-state index is 14.0. The maximum atomic E-state index is 14.0. The third-order valence-corrected chi connectivity index (χ3v) is 5.62. The number of guanidine groups is 1. The number of aliphatic imine (C=N–C) groups is 1. The summed E-state index contributed by atoms with van der Waals surface area (Å²) in [6.45, 7) is 3.70. The highest BCUT2D eigenvalue weighted by atomic mass is 19.4. The molecular weight excluding hydrogens is 423 g/mol. The highest BCUT2D eigenvalue weighted by Crippen LogP contribution is 2.41. The molecule has 1 aromatic carbocycles. The molecule has 1 aliphatic heterocycles. The minimum Gasteiger partial charge on any atom is -0.370 e. The van der Waals surface area contributed by atoms with Gasteiger partial charge in [-0.25, -0.2) is 0 Å². The molecule has 0 radical (unpaired) electrons. The topological polar surface area (TPSA) is 115 Å². The molecule has 2 amide bonds. The zero-order valence-corrected chi connectivity index (χ0v) is 17.7. The highest BCUT2D eigenvalue weighted by Gasteiger charge is 2.39. The average molecular weight is 447 g/mol. The summed E-state index contributed by atoms with van der Waals surface area (Å²) >= 11 is 0. The summed E-state index contributed by atoms with van der Waals surface area (Å²) in [5.41, 5.74) is 10.5. The van der Waals surface area contributed by atoms with E-state index in [-0.39, 0.29) is 22.6 Å². The number of likely N-dealkylation sites (tertiary alicyclic amines) is 1. The number of aromatic nitrogens is 1. The van der Waals surface area contributed by atoms with Gasteiger partial charge >= 0.3 is 6.18 Å². The predicted octanol–water partition coefficient (Wildman–Crippen LogP) is 3.15. The molecule has 32 heavy (non-hydrogen) atoms. The van der Waals surface area contributed by atoms with Crippen LogP contribution in [0.3, 0.4) is 0 Å². The molecule has 7 nitrogen and oxygen atoms in total. The molecule has 3 rings (SSSR count). The second-order valence-corrected chi connectivity index (χ2v) is 7.80. The van der Waals surface area contributed by atoms with Gasteiger partial charge in [0.1, 0.15) is 0 Å². The number of hydrogen-bond acceptors (Lipinski definition) is 3. The molecule has 4 N–H and O–H groups in total. The van der Waals surface area contributed by atoms with Crippen molar-refractivity contribution in [3.63, 3.8) is 0 Å². The molecule has 2 heterocycles. The van der Waals surface area contributed by atoms with Crippen molar-refractivity contribution in [1.29, 1.82) is 0 Å². The van der Waals surface area contributed by atoms with Gasteiger partial charge in [0.25, 0.3) is 11.8 Å². The molecule has 1 fully saturated rings. The number of benzene rings is 1. The van der Waals surface area contributed by atoms with E-state index in [0.717, 1.165) is 5.69 Å². The first-order chi connectivity index (χ1) is 15.0. The van der Waals surface area contributed by atoms with Gasteiger partial charge in [-0.3, -0.25) is 14.6 Å². The first kappa shape index (κ1) is 23.2. The fourth-order valence-electron chi connectivity index (χ4n) is 4.03. The largest absolute Gasteiger partial charge is 0.416 e. The van der Waals surface area contributed by atoms with Crippen molar-refractivity contribution < 1.29 is 22.8 Å². The number of pyridine rings is 1. The second-order valence-electron chi connectivity index (χ2n) is 7.80. The van der Waals surface area contributed by atoms with Gasteiger partial charge in [0, 0.05) is 30.5 Å². The quantitative estimate of drug-likeness (QED) is 0.554. The first-order valence-electron chi connectivity index (χ1n) is 10.1. The van der Waals surface area contributed by atoms with Crippen LogP contribution in [0.1, 0.15) is 61.9 Å². The van der Waals surface area contributed by atoms with E-state index in [1.54, 1.807) is 17.0 Å². The third-order valence-electron chi connectivity index (χ3n) is 5.62. The molecule has 0 aliphatic carbocycles. The fraction of sp³-hybridized carbons (Fsp3) is 0.364. The smallest absolute Gasteiger partial charge is 0.370 e. The second kappa shape index (κ2) is 8.97. The average Bonchev–Trinajstić information content (AvgIpc) is 2.72. The number of carbonyl (C=O) groups excluding carboxylic acids is 2. The van der Waals surface area contributed by atoms with E-state index >= 15 is 0 Å². The van der Waals surface area contributed by atoms with Gasteiger partial charge < -0.3 is 16.4 Å². The van der Waals surface area contributed by atoms with Crippen LogP contribution in [0, 0.1) is 13.8 Å². The van der Waals surface area contributed by atoms with E-state index in [0.29, 0.717) is 31.5 Å². The lowest BCUT2D eigenvalue weighted by Crippen LogP contribution is -2.38.